The van der Waals surface area contributed by atoms with Crippen LogP contribution in [0.3, 0.4) is 0 Å². The predicted octanol–water partition coefficient (Wildman–Crippen LogP) is 2.69. The van der Waals surface area contributed by atoms with E-state index in [1.54, 1.807) is 6.92 Å². The topological polar surface area (TPSA) is 35.5 Å². The van der Waals surface area contributed by atoms with Gasteiger partial charge in [-0.1, -0.05) is 36.9 Å². The molecular formula is C16H20N2O. The summed E-state index contributed by atoms with van der Waals surface area (Å²) in [6, 6.07) is 10.2. The van der Waals surface area contributed by atoms with Gasteiger partial charge in [0.2, 0.25) is 0 Å². The summed E-state index contributed by atoms with van der Waals surface area (Å²) in [5.74, 6) is 0. The zero-order chi connectivity index (χ0) is 14.0. The minimum atomic E-state index is -0.532. The third-order valence-corrected chi connectivity index (χ3v) is 3.29. The molecule has 1 aromatic carbocycles. The number of nitrogens with one attached hydrogen (secondary N) is 1. The Morgan fingerprint density at radius 3 is 2.42 bits per heavy atom. The summed E-state index contributed by atoms with van der Waals surface area (Å²) in [7, 11) is 1.85. The van der Waals surface area contributed by atoms with Crippen molar-refractivity contribution in [3.63, 3.8) is 0 Å². The summed E-state index contributed by atoms with van der Waals surface area (Å²) in [5.41, 5.74) is 8.05. The molecule has 0 radical (unpaired) electrons. The minimum absolute atomic E-state index is 0.532. The Bertz CT molecular complexity index is 541. The van der Waals surface area contributed by atoms with Crippen molar-refractivity contribution in [2.75, 3.05) is 7.05 Å². The first-order valence-electron chi connectivity index (χ1n) is 6.39. The van der Waals surface area contributed by atoms with E-state index in [2.05, 4.69) is 24.1 Å². The molecule has 1 aliphatic heterocycles. The van der Waals surface area contributed by atoms with Crippen molar-refractivity contribution >= 4 is 5.70 Å². The number of aliphatic hydroxyl groups excluding tert-OH is 1. The van der Waals surface area contributed by atoms with Gasteiger partial charge in [0.05, 0.1) is 17.5 Å². The third kappa shape index (κ3) is 2.48. The molecule has 100 valence electrons. The average Bonchev–Trinajstić information content (AvgIpc) is 2.41. The lowest BCUT2D eigenvalue weighted by Crippen LogP contribution is -2.37. The average molecular weight is 256 g/mol. The molecule has 1 aromatic rings. The van der Waals surface area contributed by atoms with Gasteiger partial charge in [0.1, 0.15) is 0 Å². The number of hydrazine groups is 1. The second-order valence-electron chi connectivity index (χ2n) is 4.68. The highest BCUT2D eigenvalue weighted by atomic mass is 16.3. The molecule has 0 saturated heterocycles. The number of allylic oxidation sites excluding steroid dienone is 2. The van der Waals surface area contributed by atoms with Crippen LogP contribution in [-0.2, 0) is 0 Å². The molecule has 0 saturated carbocycles. The number of hydrogen-bond donors (Lipinski definition) is 2. The molecule has 0 spiro atoms. The zero-order valence-corrected chi connectivity index (χ0v) is 11.6. The maximum absolute atomic E-state index is 9.83. The van der Waals surface area contributed by atoms with Gasteiger partial charge in [-0.25, -0.2) is 5.43 Å². The van der Waals surface area contributed by atoms with Crippen LogP contribution < -0.4 is 5.43 Å². The van der Waals surface area contributed by atoms with E-state index < -0.39 is 6.10 Å². The Hall–Kier alpha value is -1.84. The van der Waals surface area contributed by atoms with Crippen molar-refractivity contribution in [1.82, 2.24) is 10.4 Å². The number of rotatable bonds is 3. The van der Waals surface area contributed by atoms with Crippen LogP contribution in [0, 0.1) is 0 Å². The van der Waals surface area contributed by atoms with Crippen molar-refractivity contribution in [1.29, 1.82) is 0 Å². The zero-order valence-electron chi connectivity index (χ0n) is 11.6. The van der Waals surface area contributed by atoms with E-state index in [-0.39, 0.29) is 0 Å². The monoisotopic (exact) mass is 256 g/mol. The van der Waals surface area contributed by atoms with E-state index in [1.165, 1.54) is 0 Å². The molecule has 1 atom stereocenters. The van der Waals surface area contributed by atoms with E-state index in [4.69, 9.17) is 0 Å². The smallest absolute Gasteiger partial charge is 0.0782 e. The first-order valence-corrected chi connectivity index (χ1v) is 6.39. The summed E-state index contributed by atoms with van der Waals surface area (Å²) < 4.78 is 0. The molecule has 2 N–H and O–H groups in total. The van der Waals surface area contributed by atoms with Crippen LogP contribution in [0.25, 0.3) is 5.70 Å². The SMILES string of the molecule is C=C1C(C(C)O)=CC(C)=C(c2ccccc2)N1NC. The van der Waals surface area contributed by atoms with Crippen LogP contribution in [0.2, 0.25) is 0 Å². The maximum atomic E-state index is 9.83. The van der Waals surface area contributed by atoms with Crippen molar-refractivity contribution in [3.05, 3.63) is 65.4 Å². The van der Waals surface area contributed by atoms with Gasteiger partial charge in [-0.3, -0.25) is 5.01 Å². The molecule has 1 heterocycles. The van der Waals surface area contributed by atoms with Crippen LogP contribution in [0.15, 0.2) is 59.8 Å². The lowest BCUT2D eigenvalue weighted by molar-refractivity contribution is 0.225. The fourth-order valence-corrected chi connectivity index (χ4v) is 2.39. The van der Waals surface area contributed by atoms with Crippen LogP contribution >= 0.6 is 0 Å². The van der Waals surface area contributed by atoms with Gasteiger partial charge >= 0.3 is 0 Å². The van der Waals surface area contributed by atoms with Gasteiger partial charge in [-0.15, -0.1) is 0 Å². The summed E-state index contributed by atoms with van der Waals surface area (Å²) in [6.45, 7) is 7.88. The normalized spacial score (nSPS) is 17.6. The van der Waals surface area contributed by atoms with Gasteiger partial charge in [0, 0.05) is 12.6 Å². The molecule has 2 rings (SSSR count). The molecule has 0 amide bonds. The summed E-state index contributed by atoms with van der Waals surface area (Å²) >= 11 is 0. The Labute approximate surface area is 114 Å². The number of hydrogen-bond acceptors (Lipinski definition) is 3. The first kappa shape index (κ1) is 13.6. The van der Waals surface area contributed by atoms with Crippen molar-refractivity contribution in [2.45, 2.75) is 20.0 Å². The molecule has 0 bridgehead atoms. The Balaban J connectivity index is 2.56. The molecule has 0 aliphatic carbocycles. The predicted molar refractivity (Wildman–Crippen MR) is 78.8 cm³/mol. The quantitative estimate of drug-likeness (QED) is 0.873. The summed E-state index contributed by atoms with van der Waals surface area (Å²) in [5, 5.41) is 11.8. The third-order valence-electron chi connectivity index (χ3n) is 3.29. The second-order valence-corrected chi connectivity index (χ2v) is 4.68. The molecule has 0 fully saturated rings. The van der Waals surface area contributed by atoms with E-state index in [0.717, 1.165) is 28.1 Å². The van der Waals surface area contributed by atoms with Crippen molar-refractivity contribution in [3.8, 4) is 0 Å². The Morgan fingerprint density at radius 2 is 1.89 bits per heavy atom. The number of benzene rings is 1. The lowest BCUT2D eigenvalue weighted by Gasteiger charge is -2.35. The Morgan fingerprint density at radius 1 is 1.26 bits per heavy atom. The molecule has 1 aliphatic rings. The van der Waals surface area contributed by atoms with Gasteiger partial charge in [-0.2, -0.15) is 0 Å². The van der Waals surface area contributed by atoms with Crippen molar-refractivity contribution < 1.29 is 5.11 Å². The van der Waals surface area contributed by atoms with Crippen LogP contribution in [0.1, 0.15) is 19.4 Å². The molecule has 19 heavy (non-hydrogen) atoms. The highest BCUT2D eigenvalue weighted by Crippen LogP contribution is 2.34. The van der Waals surface area contributed by atoms with Crippen LogP contribution in [0.4, 0.5) is 0 Å². The summed E-state index contributed by atoms with van der Waals surface area (Å²) in [6.07, 6.45) is 1.47. The summed E-state index contributed by atoms with van der Waals surface area (Å²) in [4.78, 5) is 0. The van der Waals surface area contributed by atoms with Gasteiger partial charge in [-0.05, 0) is 31.1 Å². The second kappa shape index (κ2) is 5.43. The highest BCUT2D eigenvalue weighted by molar-refractivity contribution is 5.73. The van der Waals surface area contributed by atoms with Gasteiger partial charge in [0.15, 0.2) is 0 Å². The maximum Gasteiger partial charge on any atom is 0.0782 e. The fourth-order valence-electron chi connectivity index (χ4n) is 2.39. The molecule has 1 unspecified atom stereocenters. The van der Waals surface area contributed by atoms with Gasteiger partial charge < -0.3 is 5.11 Å². The fraction of sp³-hybridized carbons (Fsp3) is 0.250. The minimum Gasteiger partial charge on any atom is -0.389 e. The molecule has 0 aromatic heterocycles. The van der Waals surface area contributed by atoms with Gasteiger partial charge in [0.25, 0.3) is 0 Å². The van der Waals surface area contributed by atoms with E-state index >= 15 is 0 Å². The van der Waals surface area contributed by atoms with E-state index in [0.29, 0.717) is 0 Å². The van der Waals surface area contributed by atoms with Crippen molar-refractivity contribution in [2.24, 2.45) is 0 Å². The van der Waals surface area contributed by atoms with Crippen LogP contribution in [0.5, 0.6) is 0 Å². The number of nitrogens with zero attached hydrogens (tertiary/aromatic N) is 1. The van der Waals surface area contributed by atoms with E-state index in [9.17, 15) is 5.11 Å². The standard InChI is InChI=1S/C16H20N2O/c1-11-10-15(13(3)19)12(2)18(17-4)16(11)14-8-6-5-7-9-14/h5-10,13,17,19H,2H2,1,3-4H3. The van der Waals surface area contributed by atoms with Crippen LogP contribution in [-0.4, -0.2) is 23.3 Å². The Kier molecular flexibility index (Phi) is 3.88. The molecule has 3 heteroatoms. The lowest BCUT2D eigenvalue weighted by atomic mass is 9.96. The first-order chi connectivity index (χ1) is 9.06. The molecular weight excluding hydrogens is 236 g/mol. The highest BCUT2D eigenvalue weighted by Gasteiger charge is 2.24. The number of aliphatic hydroxyl groups is 1. The largest absolute Gasteiger partial charge is 0.389 e. The molecule has 3 nitrogen and oxygen atoms in total. The van der Waals surface area contributed by atoms with E-state index in [1.807, 2.05) is 43.3 Å².